The highest BCUT2D eigenvalue weighted by Gasteiger charge is 2.26. The van der Waals surface area contributed by atoms with E-state index in [4.69, 9.17) is 23.2 Å². The Morgan fingerprint density at radius 1 is 1.38 bits per heavy atom. The molecule has 1 atom stereocenters. The summed E-state index contributed by atoms with van der Waals surface area (Å²) in [6.45, 7) is 2.19. The molecule has 1 saturated heterocycles. The van der Waals surface area contributed by atoms with E-state index in [0.29, 0.717) is 22.3 Å². The number of aryl methyl sites for hydroxylation is 1. The number of nitrogens with one attached hydrogen (secondary N) is 2. The molecule has 0 aliphatic carbocycles. The number of amides is 1. The first-order valence-corrected chi connectivity index (χ1v) is 9.04. The summed E-state index contributed by atoms with van der Waals surface area (Å²) in [5.41, 5.74) is 1.25. The summed E-state index contributed by atoms with van der Waals surface area (Å²) in [7, 11) is -3.06. The van der Waals surface area contributed by atoms with Crippen LogP contribution in [0.3, 0.4) is 0 Å². The van der Waals surface area contributed by atoms with Crippen LogP contribution in [0.15, 0.2) is 12.1 Å². The molecule has 1 fully saturated rings. The van der Waals surface area contributed by atoms with Crippen LogP contribution in [0.2, 0.25) is 10.0 Å². The van der Waals surface area contributed by atoms with Crippen molar-refractivity contribution < 1.29 is 13.2 Å². The van der Waals surface area contributed by atoms with E-state index in [1.54, 1.807) is 12.1 Å². The average molecular weight is 351 g/mol. The minimum Gasteiger partial charge on any atom is -0.325 e. The molecular weight excluding hydrogens is 335 g/mol. The number of carbonyl (C=O) groups excluding carboxylic acids is 1. The number of carbonyl (C=O) groups is 1. The molecule has 1 aromatic rings. The van der Waals surface area contributed by atoms with E-state index in [-0.39, 0.29) is 29.9 Å². The SMILES string of the molecule is Cc1cc(Cl)c(NC(=O)CC2CS(=O)(=O)CCN2)cc1Cl. The molecule has 1 aromatic carbocycles. The maximum atomic E-state index is 12.0. The van der Waals surface area contributed by atoms with Gasteiger partial charge in [0.15, 0.2) is 9.84 Å². The van der Waals surface area contributed by atoms with Crippen LogP contribution < -0.4 is 10.6 Å². The van der Waals surface area contributed by atoms with E-state index in [2.05, 4.69) is 10.6 Å². The van der Waals surface area contributed by atoms with Gasteiger partial charge in [0.25, 0.3) is 0 Å². The first kappa shape index (κ1) is 16.5. The Bertz CT molecular complexity index is 662. The second kappa shape index (κ2) is 6.52. The predicted octanol–water partition coefficient (Wildman–Crippen LogP) is 2.02. The van der Waals surface area contributed by atoms with Gasteiger partial charge in [-0.2, -0.15) is 0 Å². The quantitative estimate of drug-likeness (QED) is 0.874. The number of halogens is 2. The fourth-order valence-corrected chi connectivity index (χ4v) is 4.04. The first-order valence-electron chi connectivity index (χ1n) is 6.46. The Balaban J connectivity index is 2.01. The van der Waals surface area contributed by atoms with Crippen molar-refractivity contribution in [3.63, 3.8) is 0 Å². The lowest BCUT2D eigenvalue weighted by Gasteiger charge is -2.23. The van der Waals surface area contributed by atoms with Gasteiger partial charge in [-0.3, -0.25) is 4.79 Å². The van der Waals surface area contributed by atoms with E-state index < -0.39 is 9.84 Å². The molecule has 5 nitrogen and oxygen atoms in total. The third-order valence-electron chi connectivity index (χ3n) is 3.26. The van der Waals surface area contributed by atoms with Crippen LogP contribution in [-0.2, 0) is 14.6 Å². The van der Waals surface area contributed by atoms with Crippen molar-refractivity contribution in [2.24, 2.45) is 0 Å². The number of hydrogen-bond acceptors (Lipinski definition) is 4. The molecule has 2 rings (SSSR count). The number of rotatable bonds is 3. The summed E-state index contributed by atoms with van der Waals surface area (Å²) < 4.78 is 23.1. The van der Waals surface area contributed by atoms with Crippen molar-refractivity contribution in [2.45, 2.75) is 19.4 Å². The van der Waals surface area contributed by atoms with E-state index >= 15 is 0 Å². The number of hydrogen-bond donors (Lipinski definition) is 2. The molecular formula is C13H16Cl2N2O3S. The normalized spacial score (nSPS) is 21.0. The Kier molecular flexibility index (Phi) is 5.14. The minimum atomic E-state index is -3.06. The maximum absolute atomic E-state index is 12.0. The Morgan fingerprint density at radius 2 is 2.10 bits per heavy atom. The summed E-state index contributed by atoms with van der Waals surface area (Å²) >= 11 is 12.0. The van der Waals surface area contributed by atoms with Crippen molar-refractivity contribution in [3.05, 3.63) is 27.7 Å². The Labute approximate surface area is 133 Å². The van der Waals surface area contributed by atoms with Crippen LogP contribution in [0, 0.1) is 6.92 Å². The molecule has 0 saturated carbocycles. The highest BCUT2D eigenvalue weighted by Crippen LogP contribution is 2.28. The minimum absolute atomic E-state index is 0.0250. The molecule has 8 heteroatoms. The lowest BCUT2D eigenvalue weighted by molar-refractivity contribution is -0.116. The average Bonchev–Trinajstić information content (AvgIpc) is 2.34. The zero-order valence-corrected chi connectivity index (χ0v) is 13.8. The van der Waals surface area contributed by atoms with Crippen LogP contribution >= 0.6 is 23.2 Å². The zero-order chi connectivity index (χ0) is 15.6. The van der Waals surface area contributed by atoms with Crippen molar-refractivity contribution in [3.8, 4) is 0 Å². The van der Waals surface area contributed by atoms with Gasteiger partial charge in [0, 0.05) is 24.0 Å². The molecule has 0 bridgehead atoms. The van der Waals surface area contributed by atoms with Crippen molar-refractivity contribution in [1.29, 1.82) is 0 Å². The molecule has 0 spiro atoms. The Hall–Kier alpha value is -0.820. The molecule has 1 aliphatic heterocycles. The summed E-state index contributed by atoms with van der Waals surface area (Å²) in [6, 6.07) is 2.88. The fraction of sp³-hybridized carbons (Fsp3) is 0.462. The Morgan fingerprint density at radius 3 is 2.76 bits per heavy atom. The van der Waals surface area contributed by atoms with Crippen LogP contribution in [0.1, 0.15) is 12.0 Å². The van der Waals surface area contributed by atoms with Crippen molar-refractivity contribution in [1.82, 2.24) is 5.32 Å². The second-order valence-corrected chi connectivity index (χ2v) is 8.14. The van der Waals surface area contributed by atoms with Crippen LogP contribution in [0.4, 0.5) is 5.69 Å². The molecule has 1 heterocycles. The maximum Gasteiger partial charge on any atom is 0.226 e. The topological polar surface area (TPSA) is 75.3 Å². The summed E-state index contributed by atoms with van der Waals surface area (Å²) in [5, 5.41) is 6.60. The van der Waals surface area contributed by atoms with E-state index in [9.17, 15) is 13.2 Å². The van der Waals surface area contributed by atoms with Gasteiger partial charge in [-0.15, -0.1) is 0 Å². The highest BCUT2D eigenvalue weighted by atomic mass is 35.5. The smallest absolute Gasteiger partial charge is 0.226 e. The van der Waals surface area contributed by atoms with Gasteiger partial charge in [0.2, 0.25) is 5.91 Å². The largest absolute Gasteiger partial charge is 0.325 e. The molecule has 1 aliphatic rings. The van der Waals surface area contributed by atoms with E-state index in [0.717, 1.165) is 5.56 Å². The van der Waals surface area contributed by atoms with Gasteiger partial charge in [-0.1, -0.05) is 23.2 Å². The van der Waals surface area contributed by atoms with Gasteiger partial charge in [-0.05, 0) is 24.6 Å². The number of benzene rings is 1. The molecule has 0 aromatic heterocycles. The lowest BCUT2D eigenvalue weighted by Crippen LogP contribution is -2.46. The molecule has 21 heavy (non-hydrogen) atoms. The number of anilines is 1. The summed E-state index contributed by atoms with van der Waals surface area (Å²) in [5.74, 6) is -0.209. The third kappa shape index (κ3) is 4.57. The lowest BCUT2D eigenvalue weighted by atomic mass is 10.2. The van der Waals surface area contributed by atoms with Gasteiger partial charge < -0.3 is 10.6 Å². The molecule has 1 amide bonds. The van der Waals surface area contributed by atoms with Crippen molar-refractivity contribution >= 4 is 44.6 Å². The molecule has 2 N–H and O–H groups in total. The van der Waals surface area contributed by atoms with Crippen LogP contribution in [0.25, 0.3) is 0 Å². The summed E-state index contributed by atoms with van der Waals surface area (Å²) in [4.78, 5) is 12.0. The van der Waals surface area contributed by atoms with Gasteiger partial charge in [0.05, 0.1) is 22.2 Å². The highest BCUT2D eigenvalue weighted by molar-refractivity contribution is 7.91. The van der Waals surface area contributed by atoms with E-state index in [1.807, 2.05) is 6.92 Å². The van der Waals surface area contributed by atoms with Crippen molar-refractivity contribution in [2.75, 3.05) is 23.4 Å². The summed E-state index contributed by atoms with van der Waals surface area (Å²) in [6.07, 6.45) is 0.0705. The predicted molar refractivity (Wildman–Crippen MR) is 84.9 cm³/mol. The van der Waals surface area contributed by atoms with E-state index in [1.165, 1.54) is 0 Å². The second-order valence-electron chi connectivity index (χ2n) is 5.10. The zero-order valence-electron chi connectivity index (χ0n) is 11.4. The standard InChI is InChI=1S/C13H16Cl2N2O3S/c1-8-4-11(15)12(6-10(8)14)17-13(18)5-9-7-21(19,20)3-2-16-9/h4,6,9,16H,2-3,5,7H2,1H3,(H,17,18). The fourth-order valence-electron chi connectivity index (χ4n) is 2.17. The molecule has 116 valence electrons. The first-order chi connectivity index (χ1) is 9.77. The van der Waals surface area contributed by atoms with Gasteiger partial charge in [0.1, 0.15) is 0 Å². The van der Waals surface area contributed by atoms with Gasteiger partial charge >= 0.3 is 0 Å². The monoisotopic (exact) mass is 350 g/mol. The molecule has 0 radical (unpaired) electrons. The molecule has 1 unspecified atom stereocenters. The van der Waals surface area contributed by atoms with Crippen LogP contribution in [0.5, 0.6) is 0 Å². The van der Waals surface area contributed by atoms with Gasteiger partial charge in [-0.25, -0.2) is 8.42 Å². The van der Waals surface area contributed by atoms with Crippen LogP contribution in [-0.4, -0.2) is 38.4 Å². The number of sulfone groups is 1. The third-order valence-corrected chi connectivity index (χ3v) is 5.71.